The fourth-order valence-electron chi connectivity index (χ4n) is 1.73. The Morgan fingerprint density at radius 1 is 1.38 bits per heavy atom. The van der Waals surface area contributed by atoms with E-state index in [0.29, 0.717) is 5.92 Å². The van der Waals surface area contributed by atoms with Gasteiger partial charge < -0.3 is 4.74 Å². The number of ether oxygens (including phenoxy) is 1. The quantitative estimate of drug-likeness (QED) is 0.538. The van der Waals surface area contributed by atoms with Crippen LogP contribution in [0.4, 0.5) is 0 Å². The highest BCUT2D eigenvalue weighted by molar-refractivity contribution is 9.09. The maximum atomic E-state index is 6.15. The molecule has 1 unspecified atom stereocenters. The molecule has 1 aromatic carbocycles. The van der Waals surface area contributed by atoms with E-state index in [2.05, 4.69) is 22.0 Å². The SMILES string of the molecule is COCCCC(CBr)Cc1ccccc1Cl. The zero-order chi connectivity index (χ0) is 11.8. The zero-order valence-electron chi connectivity index (χ0n) is 9.59. The molecule has 1 nitrogen and oxygen atoms in total. The van der Waals surface area contributed by atoms with Crippen LogP contribution < -0.4 is 0 Å². The summed E-state index contributed by atoms with van der Waals surface area (Å²) in [6.07, 6.45) is 3.32. The lowest BCUT2D eigenvalue weighted by atomic mass is 9.97. The third-order valence-corrected chi connectivity index (χ3v) is 3.93. The number of benzene rings is 1. The molecule has 0 N–H and O–H groups in total. The summed E-state index contributed by atoms with van der Waals surface area (Å²) < 4.78 is 5.07. The first-order valence-corrected chi connectivity index (χ1v) is 7.06. The standard InChI is InChI=1S/C13H18BrClO/c1-16-8-4-5-11(10-14)9-12-6-2-3-7-13(12)15/h2-3,6-7,11H,4-5,8-10H2,1H3. The molecule has 90 valence electrons. The van der Waals surface area contributed by atoms with Crippen LogP contribution in [0.3, 0.4) is 0 Å². The zero-order valence-corrected chi connectivity index (χ0v) is 11.9. The fraction of sp³-hybridized carbons (Fsp3) is 0.538. The lowest BCUT2D eigenvalue weighted by Gasteiger charge is -2.14. The molecule has 0 aliphatic rings. The van der Waals surface area contributed by atoms with Crippen LogP contribution in [0.25, 0.3) is 0 Å². The van der Waals surface area contributed by atoms with Gasteiger partial charge in [-0.05, 0) is 36.8 Å². The van der Waals surface area contributed by atoms with Crippen LogP contribution in [-0.2, 0) is 11.2 Å². The van der Waals surface area contributed by atoms with E-state index in [-0.39, 0.29) is 0 Å². The van der Waals surface area contributed by atoms with Gasteiger partial charge in [0.1, 0.15) is 0 Å². The molecule has 0 bridgehead atoms. The number of rotatable bonds is 7. The maximum absolute atomic E-state index is 6.15. The first kappa shape index (κ1) is 14.0. The van der Waals surface area contributed by atoms with Gasteiger partial charge in [0, 0.05) is 24.1 Å². The molecule has 0 aromatic heterocycles. The van der Waals surface area contributed by atoms with Crippen LogP contribution in [0, 0.1) is 5.92 Å². The summed E-state index contributed by atoms with van der Waals surface area (Å²) in [6.45, 7) is 0.839. The Morgan fingerprint density at radius 3 is 2.75 bits per heavy atom. The van der Waals surface area contributed by atoms with Crippen molar-refractivity contribution in [2.24, 2.45) is 5.92 Å². The average molecular weight is 306 g/mol. The second-order valence-electron chi connectivity index (χ2n) is 3.95. The average Bonchev–Trinajstić information content (AvgIpc) is 2.30. The summed E-state index contributed by atoms with van der Waals surface area (Å²) in [4.78, 5) is 0. The van der Waals surface area contributed by atoms with Crippen molar-refractivity contribution in [1.82, 2.24) is 0 Å². The largest absolute Gasteiger partial charge is 0.385 e. The van der Waals surface area contributed by atoms with Gasteiger partial charge >= 0.3 is 0 Å². The number of hydrogen-bond acceptors (Lipinski definition) is 1. The van der Waals surface area contributed by atoms with E-state index in [1.165, 1.54) is 12.0 Å². The molecule has 0 radical (unpaired) electrons. The van der Waals surface area contributed by atoms with Crippen LogP contribution in [0.15, 0.2) is 24.3 Å². The maximum Gasteiger partial charge on any atom is 0.0462 e. The molecule has 0 amide bonds. The molecule has 0 saturated carbocycles. The summed E-state index contributed by atoms with van der Waals surface area (Å²) in [5.41, 5.74) is 1.24. The predicted octanol–water partition coefficient (Wildman–Crippen LogP) is 4.32. The Labute approximate surface area is 111 Å². The summed E-state index contributed by atoms with van der Waals surface area (Å²) in [6, 6.07) is 8.08. The normalized spacial score (nSPS) is 12.7. The van der Waals surface area contributed by atoms with E-state index >= 15 is 0 Å². The molecule has 0 saturated heterocycles. The van der Waals surface area contributed by atoms with Gasteiger partial charge in [-0.3, -0.25) is 0 Å². The molecular weight excluding hydrogens is 287 g/mol. The minimum Gasteiger partial charge on any atom is -0.385 e. The molecule has 3 heteroatoms. The van der Waals surface area contributed by atoms with Crippen LogP contribution in [0.5, 0.6) is 0 Å². The number of hydrogen-bond donors (Lipinski definition) is 0. The first-order valence-electron chi connectivity index (χ1n) is 5.56. The molecule has 0 spiro atoms. The molecule has 1 atom stereocenters. The van der Waals surface area contributed by atoms with E-state index in [1.54, 1.807) is 7.11 Å². The van der Waals surface area contributed by atoms with Gasteiger partial charge in [-0.1, -0.05) is 45.7 Å². The molecular formula is C13H18BrClO. The topological polar surface area (TPSA) is 9.23 Å². The highest BCUT2D eigenvalue weighted by Crippen LogP contribution is 2.22. The second kappa shape index (κ2) is 8.10. The Balaban J connectivity index is 2.46. The highest BCUT2D eigenvalue weighted by Gasteiger charge is 2.10. The van der Waals surface area contributed by atoms with E-state index in [9.17, 15) is 0 Å². The lowest BCUT2D eigenvalue weighted by molar-refractivity contribution is 0.188. The fourth-order valence-corrected chi connectivity index (χ4v) is 2.49. The Hall–Kier alpha value is -0.0500. The van der Waals surface area contributed by atoms with E-state index < -0.39 is 0 Å². The van der Waals surface area contributed by atoms with Gasteiger partial charge in [0.25, 0.3) is 0 Å². The lowest BCUT2D eigenvalue weighted by Crippen LogP contribution is -2.08. The number of halogens is 2. The van der Waals surface area contributed by atoms with Crippen molar-refractivity contribution in [3.8, 4) is 0 Å². The Kier molecular flexibility index (Phi) is 7.10. The van der Waals surface area contributed by atoms with Crippen LogP contribution >= 0.6 is 27.5 Å². The summed E-state index contributed by atoms with van der Waals surface area (Å²) in [5, 5.41) is 1.89. The molecule has 0 fully saturated rings. The Bertz CT molecular complexity index is 304. The molecule has 0 aliphatic heterocycles. The van der Waals surface area contributed by atoms with Gasteiger partial charge in [0.2, 0.25) is 0 Å². The highest BCUT2D eigenvalue weighted by atomic mass is 79.9. The van der Waals surface area contributed by atoms with Crippen molar-refractivity contribution in [2.45, 2.75) is 19.3 Å². The van der Waals surface area contributed by atoms with Crippen LogP contribution in [0.1, 0.15) is 18.4 Å². The van der Waals surface area contributed by atoms with Crippen molar-refractivity contribution in [3.63, 3.8) is 0 Å². The van der Waals surface area contributed by atoms with Crippen LogP contribution in [-0.4, -0.2) is 19.0 Å². The molecule has 0 aliphatic carbocycles. The molecule has 0 heterocycles. The second-order valence-corrected chi connectivity index (χ2v) is 5.01. The minimum atomic E-state index is 0.634. The van der Waals surface area contributed by atoms with E-state index in [0.717, 1.165) is 29.8 Å². The molecule has 16 heavy (non-hydrogen) atoms. The van der Waals surface area contributed by atoms with Gasteiger partial charge in [-0.2, -0.15) is 0 Å². The minimum absolute atomic E-state index is 0.634. The van der Waals surface area contributed by atoms with Gasteiger partial charge in [0.05, 0.1) is 0 Å². The summed E-state index contributed by atoms with van der Waals surface area (Å²) >= 11 is 9.71. The smallest absolute Gasteiger partial charge is 0.0462 e. The number of methoxy groups -OCH3 is 1. The van der Waals surface area contributed by atoms with Crippen LogP contribution in [0.2, 0.25) is 5.02 Å². The number of alkyl halides is 1. The van der Waals surface area contributed by atoms with E-state index in [4.69, 9.17) is 16.3 Å². The third-order valence-electron chi connectivity index (χ3n) is 2.65. The van der Waals surface area contributed by atoms with Crippen molar-refractivity contribution < 1.29 is 4.74 Å². The predicted molar refractivity (Wildman–Crippen MR) is 73.6 cm³/mol. The van der Waals surface area contributed by atoms with Crippen molar-refractivity contribution in [2.75, 3.05) is 19.0 Å². The summed E-state index contributed by atoms with van der Waals surface area (Å²) in [7, 11) is 1.75. The Morgan fingerprint density at radius 2 is 2.12 bits per heavy atom. The molecule has 1 rings (SSSR count). The molecule has 1 aromatic rings. The van der Waals surface area contributed by atoms with E-state index in [1.807, 2.05) is 18.2 Å². The van der Waals surface area contributed by atoms with Crippen molar-refractivity contribution in [1.29, 1.82) is 0 Å². The van der Waals surface area contributed by atoms with Gasteiger partial charge in [-0.25, -0.2) is 0 Å². The van der Waals surface area contributed by atoms with Crippen molar-refractivity contribution in [3.05, 3.63) is 34.9 Å². The van der Waals surface area contributed by atoms with Gasteiger partial charge in [0.15, 0.2) is 0 Å². The third kappa shape index (κ3) is 4.86. The summed E-state index contributed by atoms with van der Waals surface area (Å²) in [5.74, 6) is 0.634. The monoisotopic (exact) mass is 304 g/mol. The van der Waals surface area contributed by atoms with Crippen molar-refractivity contribution >= 4 is 27.5 Å². The van der Waals surface area contributed by atoms with Gasteiger partial charge in [-0.15, -0.1) is 0 Å². The first-order chi connectivity index (χ1) is 7.77.